The van der Waals surface area contributed by atoms with Crippen molar-refractivity contribution in [3.05, 3.63) is 52.3 Å². The first-order chi connectivity index (χ1) is 15.7. The van der Waals surface area contributed by atoms with Crippen LogP contribution in [0.25, 0.3) is 11.3 Å². The fourth-order valence-corrected chi connectivity index (χ4v) is 3.88. The molecule has 0 atom stereocenters. The number of allylic oxidation sites excluding steroid dienone is 2. The van der Waals surface area contributed by atoms with E-state index in [0.717, 1.165) is 6.26 Å². The van der Waals surface area contributed by atoms with Gasteiger partial charge in [-0.15, -0.1) is 0 Å². The molecule has 186 valence electrons. The number of aliphatic imine (C=N–C) groups is 1. The average molecular weight is 565 g/mol. The molecule has 0 unspecified atom stereocenters. The molecule has 13 heteroatoms. The Hall–Kier alpha value is -2.64. The quantitative estimate of drug-likeness (QED) is 0.357. The first-order valence-corrected chi connectivity index (χ1v) is 12.5. The van der Waals surface area contributed by atoms with Gasteiger partial charge in [-0.2, -0.15) is 13.2 Å². The predicted octanol–water partition coefficient (Wildman–Crippen LogP) is 3.11. The zero-order valence-corrected chi connectivity index (χ0v) is 21.0. The van der Waals surface area contributed by atoms with Crippen molar-refractivity contribution in [3.63, 3.8) is 0 Å². The van der Waals surface area contributed by atoms with E-state index in [9.17, 15) is 26.4 Å². The van der Waals surface area contributed by atoms with Gasteiger partial charge >= 0.3 is 12.1 Å². The normalized spacial score (nSPS) is 13.7. The lowest BCUT2D eigenvalue weighted by molar-refractivity contribution is -0.142. The van der Waals surface area contributed by atoms with Crippen molar-refractivity contribution in [1.29, 1.82) is 0 Å². The van der Waals surface area contributed by atoms with Crippen molar-refractivity contribution in [2.45, 2.75) is 11.1 Å². The van der Waals surface area contributed by atoms with Gasteiger partial charge in [-0.3, -0.25) is 9.79 Å². The molecule has 0 fully saturated rings. The number of nitrogens with zero attached hydrogens (tertiary/aromatic N) is 2. The van der Waals surface area contributed by atoms with Crippen LogP contribution in [0, 0.1) is 0 Å². The van der Waals surface area contributed by atoms with Gasteiger partial charge in [0.25, 0.3) is 0 Å². The third-order valence-corrected chi connectivity index (χ3v) is 6.34. The van der Waals surface area contributed by atoms with Crippen LogP contribution in [0.2, 0.25) is 0 Å². The van der Waals surface area contributed by atoms with E-state index < -0.39 is 38.7 Å². The monoisotopic (exact) mass is 564 g/mol. The van der Waals surface area contributed by atoms with E-state index in [4.69, 9.17) is 10.5 Å². The first kappa shape index (κ1) is 27.6. The molecular weight excluding hydrogens is 541 g/mol. The zero-order valence-electron chi connectivity index (χ0n) is 18.6. The molecule has 0 radical (unpaired) electrons. The number of ether oxygens (including phenoxy) is 1. The maximum absolute atomic E-state index is 13.2. The van der Waals surface area contributed by atoms with Crippen LogP contribution >= 0.6 is 15.9 Å². The molecule has 2 rings (SSSR count). The number of carbonyl (C=O) groups excluding carboxylic acids is 1. The Morgan fingerprint density at radius 3 is 2.50 bits per heavy atom. The smallest absolute Gasteiger partial charge is 0.431 e. The number of benzene rings is 1. The van der Waals surface area contributed by atoms with E-state index in [1.165, 1.54) is 18.2 Å². The van der Waals surface area contributed by atoms with Crippen LogP contribution in [0.1, 0.15) is 5.69 Å². The van der Waals surface area contributed by atoms with Crippen LogP contribution in [0.15, 0.2) is 56.5 Å². The van der Waals surface area contributed by atoms with Gasteiger partial charge in [0.15, 0.2) is 9.84 Å². The SMILES string of the molecule is CN(C)CCOC(=O)CN=C(C(Br)=C(N)C(F)(F)F)c1ccc(-c2cccc(S(C)(=O)=O)c2)[nH]1. The highest BCUT2D eigenvalue weighted by molar-refractivity contribution is 9.12. The third-order valence-electron chi connectivity index (χ3n) is 4.43. The fourth-order valence-electron chi connectivity index (χ4n) is 2.65. The second-order valence-corrected chi connectivity index (χ2v) is 10.3. The maximum Gasteiger partial charge on any atom is 0.431 e. The second-order valence-electron chi connectivity index (χ2n) is 7.50. The Kier molecular flexibility index (Phi) is 9.08. The van der Waals surface area contributed by atoms with Crippen molar-refractivity contribution >= 4 is 37.4 Å². The van der Waals surface area contributed by atoms with Crippen LogP contribution in [0.4, 0.5) is 13.2 Å². The predicted molar refractivity (Wildman–Crippen MR) is 126 cm³/mol. The van der Waals surface area contributed by atoms with Crippen molar-refractivity contribution in [2.24, 2.45) is 10.7 Å². The summed E-state index contributed by atoms with van der Waals surface area (Å²) in [6, 6.07) is 9.04. The number of hydrogen-bond donors (Lipinski definition) is 2. The molecule has 1 aromatic heterocycles. The molecule has 8 nitrogen and oxygen atoms in total. The number of aromatic nitrogens is 1. The van der Waals surface area contributed by atoms with Gasteiger partial charge in [-0.25, -0.2) is 8.42 Å². The van der Waals surface area contributed by atoms with E-state index in [1.54, 1.807) is 37.2 Å². The van der Waals surface area contributed by atoms with Gasteiger partial charge in [0, 0.05) is 18.5 Å². The lowest BCUT2D eigenvalue weighted by Crippen LogP contribution is -2.24. The number of H-pyrrole nitrogens is 1. The van der Waals surface area contributed by atoms with E-state index in [2.05, 4.69) is 25.9 Å². The number of nitrogens with two attached hydrogens (primary N) is 1. The van der Waals surface area contributed by atoms with E-state index >= 15 is 0 Å². The highest BCUT2D eigenvalue weighted by Gasteiger charge is 2.35. The highest BCUT2D eigenvalue weighted by Crippen LogP contribution is 2.30. The summed E-state index contributed by atoms with van der Waals surface area (Å²) in [5, 5.41) is 0. The lowest BCUT2D eigenvalue weighted by Gasteiger charge is -2.12. The summed E-state index contributed by atoms with van der Waals surface area (Å²) >= 11 is 2.85. The van der Waals surface area contributed by atoms with Gasteiger partial charge < -0.3 is 20.4 Å². The molecule has 2 aromatic rings. The molecule has 0 saturated carbocycles. The number of nitrogens with one attached hydrogen (secondary N) is 1. The number of aromatic amines is 1. The second kappa shape index (κ2) is 11.2. The maximum atomic E-state index is 13.2. The molecule has 0 aliphatic rings. The van der Waals surface area contributed by atoms with E-state index in [0.29, 0.717) is 17.8 Å². The number of sulfone groups is 1. The molecule has 0 spiro atoms. The molecule has 0 saturated heterocycles. The van der Waals surface area contributed by atoms with E-state index in [-0.39, 0.29) is 22.9 Å². The van der Waals surface area contributed by atoms with E-state index in [1.807, 2.05) is 0 Å². The minimum absolute atomic E-state index is 0.0814. The van der Waals surface area contributed by atoms with Crippen molar-refractivity contribution in [3.8, 4) is 11.3 Å². The van der Waals surface area contributed by atoms with Gasteiger partial charge in [-0.1, -0.05) is 12.1 Å². The molecule has 0 aliphatic carbocycles. The van der Waals surface area contributed by atoms with Gasteiger partial charge in [0.05, 0.1) is 20.8 Å². The Balaban J connectivity index is 2.43. The van der Waals surface area contributed by atoms with Gasteiger partial charge in [-0.05, 0) is 59.9 Å². The summed E-state index contributed by atoms with van der Waals surface area (Å²) in [4.78, 5) is 20.8. The molecule has 3 N–H and O–H groups in total. The van der Waals surface area contributed by atoms with Crippen LogP contribution in [0.3, 0.4) is 0 Å². The minimum Gasteiger partial charge on any atom is -0.463 e. The topological polar surface area (TPSA) is 118 Å². The summed E-state index contributed by atoms with van der Waals surface area (Å²) in [5.74, 6) is -0.724. The van der Waals surface area contributed by atoms with Crippen molar-refractivity contribution in [2.75, 3.05) is 40.0 Å². The number of rotatable bonds is 9. The summed E-state index contributed by atoms with van der Waals surface area (Å²) < 4.78 is 67.8. The third kappa shape index (κ3) is 7.71. The minimum atomic E-state index is -4.84. The average Bonchev–Trinajstić information content (AvgIpc) is 3.21. The largest absolute Gasteiger partial charge is 0.463 e. The molecule has 1 heterocycles. The molecule has 34 heavy (non-hydrogen) atoms. The number of hydrogen-bond acceptors (Lipinski definition) is 7. The van der Waals surface area contributed by atoms with Gasteiger partial charge in [0.2, 0.25) is 0 Å². The molecule has 0 amide bonds. The van der Waals surface area contributed by atoms with Gasteiger partial charge in [0.1, 0.15) is 18.8 Å². The summed E-state index contributed by atoms with van der Waals surface area (Å²) in [6.45, 7) is 0.0299. The Labute approximate surface area is 203 Å². The standard InChI is InChI=1S/C21H24BrF3N4O4S/c1-29(2)9-10-33-17(30)12-27-19(18(22)20(26)21(23,24)25)16-8-7-15(28-16)13-5-4-6-14(11-13)34(3,31)32/h4-8,11,28H,9-10,12,26H2,1-3H3. The number of alkyl halides is 3. The molecule has 1 aromatic carbocycles. The fraction of sp³-hybridized carbons (Fsp3) is 0.333. The summed E-state index contributed by atoms with van der Waals surface area (Å²) in [5.41, 5.74) is 4.62. The van der Waals surface area contributed by atoms with Crippen LogP contribution in [-0.4, -0.2) is 76.2 Å². The zero-order chi connectivity index (χ0) is 25.7. The highest BCUT2D eigenvalue weighted by atomic mass is 79.9. The lowest BCUT2D eigenvalue weighted by atomic mass is 10.2. The van der Waals surface area contributed by atoms with Crippen LogP contribution in [0.5, 0.6) is 0 Å². The Bertz CT molecular complexity index is 1200. The number of halogens is 4. The first-order valence-electron chi connectivity index (χ1n) is 9.77. The number of esters is 1. The molecule has 0 aliphatic heterocycles. The summed E-state index contributed by atoms with van der Waals surface area (Å²) in [6.07, 6.45) is -3.78. The Morgan fingerprint density at radius 2 is 1.91 bits per heavy atom. The Morgan fingerprint density at radius 1 is 1.24 bits per heavy atom. The van der Waals surface area contributed by atoms with Crippen LogP contribution < -0.4 is 5.73 Å². The number of likely N-dealkylation sites (N-methyl/N-ethyl adjacent to an activating group) is 1. The molecular formula is C21H24BrF3N4O4S. The summed E-state index contributed by atoms with van der Waals surface area (Å²) in [7, 11) is 0.120. The van der Waals surface area contributed by atoms with Crippen molar-refractivity contribution in [1.82, 2.24) is 9.88 Å². The van der Waals surface area contributed by atoms with Crippen LogP contribution in [-0.2, 0) is 19.4 Å². The molecule has 0 bridgehead atoms. The van der Waals surface area contributed by atoms with Crippen molar-refractivity contribution < 1.29 is 31.1 Å². The number of carbonyl (C=O) groups is 1.